The van der Waals surface area contributed by atoms with Crippen molar-refractivity contribution >= 4 is 35.0 Å². The van der Waals surface area contributed by atoms with Crippen molar-refractivity contribution in [2.75, 3.05) is 23.4 Å². The number of aromatic nitrogens is 1. The molecule has 1 aromatic heterocycles. The van der Waals surface area contributed by atoms with Crippen LogP contribution in [-0.4, -0.2) is 41.0 Å². The molecular weight excluding hydrogens is 384 g/mol. The minimum Gasteiger partial charge on any atom is -0.455 e. The number of esters is 1. The van der Waals surface area contributed by atoms with Crippen LogP contribution in [0.15, 0.2) is 28.8 Å². The average molecular weight is 402 g/mol. The third-order valence-corrected chi connectivity index (χ3v) is 4.40. The molecule has 1 atom stereocenters. The van der Waals surface area contributed by atoms with Gasteiger partial charge in [-0.05, 0) is 19.9 Å². The Kier molecular flexibility index (Phi) is 5.57. The van der Waals surface area contributed by atoms with Crippen LogP contribution in [0.5, 0.6) is 0 Å². The van der Waals surface area contributed by atoms with Crippen LogP contribution in [0.1, 0.15) is 17.7 Å². The minimum absolute atomic E-state index is 0.0159. The van der Waals surface area contributed by atoms with Crippen molar-refractivity contribution in [1.82, 2.24) is 5.16 Å². The molecule has 1 N–H and O–H groups in total. The lowest BCUT2D eigenvalue weighted by Gasteiger charge is -2.16. The van der Waals surface area contributed by atoms with Crippen LogP contribution in [-0.2, 0) is 19.1 Å². The highest BCUT2D eigenvalue weighted by Gasteiger charge is 2.37. The van der Waals surface area contributed by atoms with Crippen molar-refractivity contribution in [3.05, 3.63) is 45.7 Å². The Bertz CT molecular complexity index is 984. The molecule has 0 radical (unpaired) electrons. The highest BCUT2D eigenvalue weighted by Crippen LogP contribution is 2.30. The first-order chi connectivity index (χ1) is 13.7. The molecule has 1 saturated heterocycles. The molecule has 0 unspecified atom stereocenters. The van der Waals surface area contributed by atoms with E-state index in [-0.39, 0.29) is 30.4 Å². The zero-order chi connectivity index (χ0) is 21.1. The molecule has 1 aromatic carbocycles. The van der Waals surface area contributed by atoms with Gasteiger partial charge in [-0.2, -0.15) is 0 Å². The minimum atomic E-state index is -0.773. The van der Waals surface area contributed by atoms with Crippen LogP contribution in [0.2, 0.25) is 0 Å². The normalized spacial score (nSPS) is 16.0. The van der Waals surface area contributed by atoms with E-state index in [0.29, 0.717) is 17.0 Å². The Morgan fingerprint density at radius 2 is 2.14 bits per heavy atom. The van der Waals surface area contributed by atoms with E-state index in [9.17, 15) is 24.5 Å². The first kappa shape index (κ1) is 20.0. The summed E-state index contributed by atoms with van der Waals surface area (Å²) in [5.74, 6) is -1.71. The van der Waals surface area contributed by atoms with Crippen molar-refractivity contribution in [3.8, 4) is 0 Å². The smallest absolute Gasteiger partial charge is 0.311 e. The zero-order valence-electron chi connectivity index (χ0n) is 15.7. The van der Waals surface area contributed by atoms with Gasteiger partial charge in [0.05, 0.1) is 16.5 Å². The van der Waals surface area contributed by atoms with Crippen LogP contribution in [0.3, 0.4) is 0 Å². The molecule has 152 valence electrons. The largest absolute Gasteiger partial charge is 0.455 e. The van der Waals surface area contributed by atoms with Gasteiger partial charge >= 0.3 is 5.97 Å². The van der Waals surface area contributed by atoms with E-state index in [1.165, 1.54) is 17.0 Å². The maximum atomic E-state index is 12.3. The zero-order valence-corrected chi connectivity index (χ0v) is 15.7. The summed E-state index contributed by atoms with van der Waals surface area (Å²) < 4.78 is 9.79. The number of benzene rings is 1. The molecule has 2 amide bonds. The molecule has 1 aliphatic heterocycles. The second-order valence-corrected chi connectivity index (χ2v) is 6.61. The average Bonchev–Trinajstić information content (AvgIpc) is 3.25. The van der Waals surface area contributed by atoms with E-state index in [4.69, 9.17) is 9.26 Å². The summed E-state index contributed by atoms with van der Waals surface area (Å²) in [6.45, 7) is 2.74. The molecule has 11 nitrogen and oxygen atoms in total. The summed E-state index contributed by atoms with van der Waals surface area (Å²) in [4.78, 5) is 48.2. The number of carbonyl (C=O) groups excluding carboxylic acids is 3. The fraction of sp³-hybridized carbons (Fsp3) is 0.333. The van der Waals surface area contributed by atoms with Crippen molar-refractivity contribution in [1.29, 1.82) is 0 Å². The first-order valence-electron chi connectivity index (χ1n) is 8.70. The van der Waals surface area contributed by atoms with Gasteiger partial charge in [-0.15, -0.1) is 0 Å². The molecule has 1 fully saturated rings. The molecular formula is C18H18N4O7. The number of nitro benzene ring substituents is 1. The number of carbonyl (C=O) groups is 3. The van der Waals surface area contributed by atoms with E-state index in [2.05, 4.69) is 10.5 Å². The summed E-state index contributed by atoms with van der Waals surface area (Å²) in [6, 6.07) is 5.94. The quantitative estimate of drug-likeness (QED) is 0.437. The van der Waals surface area contributed by atoms with Crippen LogP contribution in [0, 0.1) is 29.9 Å². The summed E-state index contributed by atoms with van der Waals surface area (Å²) in [5, 5.41) is 17.1. The third-order valence-electron chi connectivity index (χ3n) is 4.40. The Labute approximate surface area is 164 Å². The molecule has 0 saturated carbocycles. The van der Waals surface area contributed by atoms with Crippen molar-refractivity contribution < 1.29 is 28.6 Å². The van der Waals surface area contributed by atoms with E-state index >= 15 is 0 Å². The number of hydrogen-bond donors (Lipinski definition) is 1. The molecule has 0 spiro atoms. The van der Waals surface area contributed by atoms with Crippen LogP contribution in [0.4, 0.5) is 17.2 Å². The second-order valence-electron chi connectivity index (χ2n) is 6.61. The van der Waals surface area contributed by atoms with Gasteiger partial charge in [0.2, 0.25) is 5.91 Å². The van der Waals surface area contributed by atoms with Crippen molar-refractivity contribution in [2.24, 2.45) is 5.92 Å². The third kappa shape index (κ3) is 4.57. The van der Waals surface area contributed by atoms with Gasteiger partial charge in [0.15, 0.2) is 12.4 Å². The molecule has 1 aliphatic rings. The van der Waals surface area contributed by atoms with Crippen LogP contribution >= 0.6 is 0 Å². The Morgan fingerprint density at radius 1 is 1.38 bits per heavy atom. The number of rotatable bonds is 6. The molecule has 2 aromatic rings. The highest BCUT2D eigenvalue weighted by atomic mass is 16.6. The number of ether oxygens (including phenoxy) is 1. The second kappa shape index (κ2) is 8.09. The maximum Gasteiger partial charge on any atom is 0.311 e. The van der Waals surface area contributed by atoms with Crippen molar-refractivity contribution in [3.63, 3.8) is 0 Å². The van der Waals surface area contributed by atoms with Gasteiger partial charge in [0.1, 0.15) is 5.76 Å². The van der Waals surface area contributed by atoms with E-state index in [0.717, 1.165) is 0 Å². The number of nitrogens with one attached hydrogen (secondary N) is 1. The summed E-state index contributed by atoms with van der Waals surface area (Å²) >= 11 is 0. The van der Waals surface area contributed by atoms with E-state index < -0.39 is 29.3 Å². The number of aryl methyl sites for hydroxylation is 2. The number of amides is 2. The highest BCUT2D eigenvalue weighted by molar-refractivity contribution is 6.00. The van der Waals surface area contributed by atoms with Crippen LogP contribution in [0.25, 0.3) is 0 Å². The monoisotopic (exact) mass is 402 g/mol. The molecule has 11 heteroatoms. The maximum absolute atomic E-state index is 12.3. The number of hydrogen-bond acceptors (Lipinski definition) is 8. The van der Waals surface area contributed by atoms with Gasteiger partial charge in [0.25, 0.3) is 11.6 Å². The number of anilines is 2. The number of nitrogens with zero attached hydrogens (tertiary/aromatic N) is 3. The van der Waals surface area contributed by atoms with E-state index in [1.807, 2.05) is 0 Å². The lowest BCUT2D eigenvalue weighted by Crippen LogP contribution is -2.28. The van der Waals surface area contributed by atoms with Gasteiger partial charge in [-0.3, -0.25) is 24.5 Å². The van der Waals surface area contributed by atoms with Gasteiger partial charge in [-0.25, -0.2) is 0 Å². The van der Waals surface area contributed by atoms with Gasteiger partial charge in [0, 0.05) is 30.7 Å². The first-order valence-corrected chi connectivity index (χ1v) is 8.70. The van der Waals surface area contributed by atoms with Gasteiger partial charge in [-0.1, -0.05) is 11.2 Å². The Balaban J connectivity index is 1.58. The fourth-order valence-electron chi connectivity index (χ4n) is 2.94. The molecule has 2 heterocycles. The topological polar surface area (TPSA) is 145 Å². The predicted octanol–water partition coefficient (Wildman–Crippen LogP) is 1.73. The fourth-order valence-corrected chi connectivity index (χ4v) is 2.94. The SMILES string of the molecule is Cc1cc(NC(=O)COC(=O)[C@@H]2CC(=O)N(c3ccc(C)c([N+](=O)[O-])c3)C2)no1. The molecule has 0 bridgehead atoms. The van der Waals surface area contributed by atoms with E-state index in [1.54, 1.807) is 26.0 Å². The lowest BCUT2D eigenvalue weighted by molar-refractivity contribution is -0.385. The standard InChI is InChI=1S/C18H18N4O7/c1-10-3-4-13(7-14(10)22(26)27)21-8-12(6-17(21)24)18(25)28-9-16(23)19-15-5-11(2)29-20-15/h3-5,7,12H,6,8-9H2,1-2H3,(H,19,20,23)/t12-/m1/s1. The van der Waals surface area contributed by atoms with Crippen LogP contribution < -0.4 is 10.2 Å². The summed E-state index contributed by atoms with van der Waals surface area (Å²) in [7, 11) is 0. The predicted molar refractivity (Wildman–Crippen MR) is 99.1 cm³/mol. The Morgan fingerprint density at radius 3 is 2.79 bits per heavy atom. The van der Waals surface area contributed by atoms with Crippen molar-refractivity contribution in [2.45, 2.75) is 20.3 Å². The summed E-state index contributed by atoms with van der Waals surface area (Å²) in [6.07, 6.45) is -0.107. The molecule has 29 heavy (non-hydrogen) atoms. The lowest BCUT2D eigenvalue weighted by atomic mass is 10.1. The molecule has 3 rings (SSSR count). The van der Waals surface area contributed by atoms with Gasteiger partial charge < -0.3 is 19.5 Å². The number of nitro groups is 1. The Hall–Kier alpha value is -3.76. The summed E-state index contributed by atoms with van der Waals surface area (Å²) in [5.41, 5.74) is 0.692. The molecule has 0 aliphatic carbocycles.